The Labute approximate surface area is 143 Å². The van der Waals surface area contributed by atoms with Crippen LogP contribution in [0.15, 0.2) is 66.4 Å². The lowest BCUT2D eigenvalue weighted by molar-refractivity contribution is 1.08. The Hall–Kier alpha value is -2.30. The van der Waals surface area contributed by atoms with E-state index in [0.717, 1.165) is 32.1 Å². The van der Waals surface area contributed by atoms with Crippen LogP contribution in [-0.4, -0.2) is 15.2 Å². The highest BCUT2D eigenvalue weighted by Crippen LogP contribution is 2.34. The van der Waals surface area contributed by atoms with Gasteiger partial charge in [0.2, 0.25) is 0 Å². The molecule has 0 N–H and O–H groups in total. The fourth-order valence-electron chi connectivity index (χ4n) is 2.29. The van der Waals surface area contributed by atoms with E-state index in [9.17, 15) is 0 Å². The van der Waals surface area contributed by atoms with Crippen molar-refractivity contribution >= 4 is 39.4 Å². The molecular formula is C18H14ClN3S. The van der Waals surface area contributed by atoms with Gasteiger partial charge < -0.3 is 0 Å². The zero-order chi connectivity index (χ0) is 16.2. The average molecular weight is 340 g/mol. The zero-order valence-corrected chi connectivity index (χ0v) is 14.1. The summed E-state index contributed by atoms with van der Waals surface area (Å²) < 4.78 is 0. The van der Waals surface area contributed by atoms with Crippen LogP contribution in [0.1, 0.15) is 11.9 Å². The third kappa shape index (κ3) is 3.09. The minimum absolute atomic E-state index is 0.602. The lowest BCUT2D eigenvalue weighted by atomic mass is 10.1. The number of hydrogen-bond acceptors (Lipinski definition) is 4. The van der Waals surface area contributed by atoms with Crippen molar-refractivity contribution in [1.29, 1.82) is 0 Å². The standard InChI is InChI=1S/C18H14ClN3S/c1-3-7-15(19)12(4-2)17-21-22-18(23-17)14-8-5-10-16-13(14)9-6-11-20-16/h3-11H,1H2,2H3/b12-4+,15-7+. The van der Waals surface area contributed by atoms with Gasteiger partial charge in [-0.15, -0.1) is 10.2 Å². The first-order valence-electron chi connectivity index (χ1n) is 7.07. The Balaban J connectivity index is 2.08. The highest BCUT2D eigenvalue weighted by atomic mass is 35.5. The van der Waals surface area contributed by atoms with Crippen LogP contribution in [0.5, 0.6) is 0 Å². The van der Waals surface area contributed by atoms with Crippen LogP contribution in [0.25, 0.3) is 27.0 Å². The van der Waals surface area contributed by atoms with Gasteiger partial charge in [0.1, 0.15) is 10.0 Å². The summed E-state index contributed by atoms with van der Waals surface area (Å²) in [7, 11) is 0. The highest BCUT2D eigenvalue weighted by Gasteiger charge is 2.14. The van der Waals surface area contributed by atoms with Gasteiger partial charge in [0.15, 0.2) is 0 Å². The van der Waals surface area contributed by atoms with E-state index >= 15 is 0 Å². The van der Waals surface area contributed by atoms with E-state index in [2.05, 4.69) is 21.8 Å². The van der Waals surface area contributed by atoms with Crippen LogP contribution in [-0.2, 0) is 0 Å². The number of pyridine rings is 1. The van der Waals surface area contributed by atoms with Gasteiger partial charge in [-0.2, -0.15) is 0 Å². The summed E-state index contributed by atoms with van der Waals surface area (Å²) in [6.07, 6.45) is 7.12. The third-order valence-corrected chi connectivity index (χ3v) is 4.66. The SMILES string of the molecule is C=C/C=C(Cl)\C(=C/C)c1nnc(-c2cccc3ncccc23)s1. The highest BCUT2D eigenvalue weighted by molar-refractivity contribution is 7.16. The molecule has 0 radical (unpaired) electrons. The molecule has 0 unspecified atom stereocenters. The molecule has 0 amide bonds. The molecule has 3 aromatic rings. The molecular weight excluding hydrogens is 326 g/mol. The van der Waals surface area contributed by atoms with Crippen molar-refractivity contribution in [2.75, 3.05) is 0 Å². The summed E-state index contributed by atoms with van der Waals surface area (Å²) in [4.78, 5) is 4.38. The number of benzene rings is 1. The maximum atomic E-state index is 6.28. The largest absolute Gasteiger partial charge is 0.256 e. The number of rotatable bonds is 4. The van der Waals surface area contributed by atoms with Crippen molar-refractivity contribution in [2.24, 2.45) is 0 Å². The molecule has 1 aromatic carbocycles. The second-order valence-corrected chi connectivity index (χ2v) is 6.13. The maximum Gasteiger partial charge on any atom is 0.149 e. The number of hydrogen-bond donors (Lipinski definition) is 0. The molecule has 2 heterocycles. The van der Waals surface area contributed by atoms with Gasteiger partial charge >= 0.3 is 0 Å². The van der Waals surface area contributed by atoms with Crippen LogP contribution in [0.3, 0.4) is 0 Å². The number of aromatic nitrogens is 3. The summed E-state index contributed by atoms with van der Waals surface area (Å²) in [5.41, 5.74) is 2.82. The topological polar surface area (TPSA) is 38.7 Å². The van der Waals surface area contributed by atoms with Crippen LogP contribution >= 0.6 is 22.9 Å². The normalized spacial score (nSPS) is 12.6. The Morgan fingerprint density at radius 2 is 2.09 bits per heavy atom. The molecule has 0 atom stereocenters. The fourth-order valence-corrected chi connectivity index (χ4v) is 3.60. The quantitative estimate of drug-likeness (QED) is 0.592. The molecule has 0 saturated heterocycles. The molecule has 3 nitrogen and oxygen atoms in total. The van der Waals surface area contributed by atoms with Gasteiger partial charge in [-0.3, -0.25) is 4.98 Å². The van der Waals surface area contributed by atoms with E-state index in [1.165, 1.54) is 11.3 Å². The number of nitrogens with zero attached hydrogens (tertiary/aromatic N) is 3. The molecule has 0 spiro atoms. The Bertz CT molecular complexity index is 919. The maximum absolute atomic E-state index is 6.28. The summed E-state index contributed by atoms with van der Waals surface area (Å²) in [5, 5.41) is 11.9. The van der Waals surface area contributed by atoms with Gasteiger partial charge in [-0.05, 0) is 25.1 Å². The summed E-state index contributed by atoms with van der Waals surface area (Å²) in [6, 6.07) is 9.97. The van der Waals surface area contributed by atoms with E-state index in [-0.39, 0.29) is 0 Å². The van der Waals surface area contributed by atoms with Gasteiger partial charge in [0.05, 0.1) is 10.5 Å². The molecule has 0 bridgehead atoms. The van der Waals surface area contributed by atoms with E-state index in [0.29, 0.717) is 5.03 Å². The first-order valence-corrected chi connectivity index (χ1v) is 8.27. The van der Waals surface area contributed by atoms with Crippen LogP contribution in [0.4, 0.5) is 0 Å². The third-order valence-electron chi connectivity index (χ3n) is 3.34. The molecule has 3 rings (SSSR count). The first-order chi connectivity index (χ1) is 11.2. The minimum Gasteiger partial charge on any atom is -0.256 e. The van der Waals surface area contributed by atoms with Crippen molar-refractivity contribution in [2.45, 2.75) is 6.92 Å². The first kappa shape index (κ1) is 15.6. The lowest BCUT2D eigenvalue weighted by Gasteiger charge is -2.02. The fraction of sp³-hybridized carbons (Fsp3) is 0.0556. The molecule has 0 saturated carbocycles. The number of halogens is 1. The molecule has 0 aliphatic carbocycles. The van der Waals surface area contributed by atoms with Crippen molar-refractivity contribution in [1.82, 2.24) is 15.2 Å². The molecule has 0 aliphatic rings. The summed E-state index contributed by atoms with van der Waals surface area (Å²) in [6.45, 7) is 5.60. The zero-order valence-electron chi connectivity index (χ0n) is 12.5. The predicted octanol–water partition coefficient (Wildman–Crippen LogP) is 5.47. The van der Waals surface area contributed by atoms with E-state index < -0.39 is 0 Å². The van der Waals surface area contributed by atoms with Crippen LogP contribution in [0, 0.1) is 0 Å². The predicted molar refractivity (Wildman–Crippen MR) is 98.4 cm³/mol. The van der Waals surface area contributed by atoms with Crippen molar-refractivity contribution in [3.63, 3.8) is 0 Å². The van der Waals surface area contributed by atoms with Crippen molar-refractivity contribution in [3.05, 3.63) is 71.4 Å². The Morgan fingerprint density at radius 3 is 2.87 bits per heavy atom. The number of allylic oxidation sites excluding steroid dienone is 5. The van der Waals surface area contributed by atoms with Gasteiger partial charge in [0.25, 0.3) is 0 Å². The lowest BCUT2D eigenvalue weighted by Crippen LogP contribution is -1.84. The van der Waals surface area contributed by atoms with Crippen molar-refractivity contribution < 1.29 is 0 Å². The summed E-state index contributed by atoms with van der Waals surface area (Å²) >= 11 is 7.79. The average Bonchev–Trinajstić information content (AvgIpc) is 3.05. The minimum atomic E-state index is 0.602. The Kier molecular flexibility index (Phi) is 4.65. The van der Waals surface area contributed by atoms with E-state index in [4.69, 9.17) is 11.6 Å². The van der Waals surface area contributed by atoms with Crippen LogP contribution in [0.2, 0.25) is 0 Å². The molecule has 0 fully saturated rings. The molecule has 2 aromatic heterocycles. The van der Waals surface area contributed by atoms with Crippen molar-refractivity contribution in [3.8, 4) is 10.6 Å². The molecule has 5 heteroatoms. The molecule has 0 aliphatic heterocycles. The van der Waals surface area contributed by atoms with E-state index in [1.807, 2.05) is 43.3 Å². The molecule has 23 heavy (non-hydrogen) atoms. The van der Waals surface area contributed by atoms with Crippen LogP contribution < -0.4 is 0 Å². The Morgan fingerprint density at radius 1 is 1.22 bits per heavy atom. The van der Waals surface area contributed by atoms with Gasteiger partial charge in [-0.1, -0.05) is 59.9 Å². The summed E-state index contributed by atoms with van der Waals surface area (Å²) in [5.74, 6) is 0. The smallest absolute Gasteiger partial charge is 0.149 e. The second-order valence-electron chi connectivity index (χ2n) is 4.74. The van der Waals surface area contributed by atoms with E-state index in [1.54, 1.807) is 18.3 Å². The number of fused-ring (bicyclic) bond motifs is 1. The monoisotopic (exact) mass is 339 g/mol. The second kappa shape index (κ2) is 6.86. The molecule has 114 valence electrons. The van der Waals surface area contributed by atoms with Gasteiger partial charge in [0, 0.05) is 22.7 Å². The van der Waals surface area contributed by atoms with Gasteiger partial charge in [-0.25, -0.2) is 0 Å².